The molecule has 2 rings (SSSR count). The molecule has 0 aliphatic heterocycles. The lowest BCUT2D eigenvalue weighted by Gasteiger charge is -2.15. The molecule has 1 aliphatic carbocycles. The summed E-state index contributed by atoms with van der Waals surface area (Å²) >= 11 is 3.42. The Hall–Kier alpha value is -0.420. The number of aromatic nitrogens is 3. The van der Waals surface area contributed by atoms with Crippen LogP contribution in [0.1, 0.15) is 24.6 Å². The molecule has 1 aromatic rings. The van der Waals surface area contributed by atoms with E-state index in [9.17, 15) is 0 Å². The summed E-state index contributed by atoms with van der Waals surface area (Å²) in [6, 6.07) is 0.398. The maximum Gasteiger partial charge on any atom is 0.153 e. The van der Waals surface area contributed by atoms with Gasteiger partial charge in [-0.3, -0.25) is 0 Å². The van der Waals surface area contributed by atoms with E-state index in [1.807, 2.05) is 18.8 Å². The van der Waals surface area contributed by atoms with Gasteiger partial charge in [0.05, 0.1) is 11.7 Å². The van der Waals surface area contributed by atoms with Gasteiger partial charge in [0, 0.05) is 7.05 Å². The summed E-state index contributed by atoms with van der Waals surface area (Å²) in [5.74, 6) is 0.762. The van der Waals surface area contributed by atoms with E-state index in [0.717, 1.165) is 16.2 Å². The largest absolute Gasteiger partial charge is 0.311 e. The minimum absolute atomic E-state index is 0.398. The van der Waals surface area contributed by atoms with E-state index in [-0.39, 0.29) is 0 Å². The molecule has 0 aromatic carbocycles. The van der Waals surface area contributed by atoms with Crippen LogP contribution in [0.15, 0.2) is 4.60 Å². The van der Waals surface area contributed by atoms with Crippen molar-refractivity contribution in [3.8, 4) is 0 Å². The van der Waals surface area contributed by atoms with Crippen molar-refractivity contribution >= 4 is 15.9 Å². The van der Waals surface area contributed by atoms with E-state index in [0.29, 0.717) is 6.04 Å². The highest BCUT2D eigenvalue weighted by molar-refractivity contribution is 9.10. The molecule has 0 spiro atoms. The van der Waals surface area contributed by atoms with E-state index >= 15 is 0 Å². The van der Waals surface area contributed by atoms with Gasteiger partial charge in [-0.15, -0.1) is 5.10 Å². The molecule has 0 radical (unpaired) electrons. The van der Waals surface area contributed by atoms with Crippen LogP contribution in [0, 0.1) is 5.92 Å². The van der Waals surface area contributed by atoms with Crippen molar-refractivity contribution in [1.82, 2.24) is 20.3 Å². The molecule has 5 heteroatoms. The number of rotatable bonds is 3. The van der Waals surface area contributed by atoms with Gasteiger partial charge < -0.3 is 5.32 Å². The summed E-state index contributed by atoms with van der Waals surface area (Å²) in [5, 5.41) is 11.3. The maximum absolute atomic E-state index is 3.98. The Morgan fingerprint density at radius 1 is 1.62 bits per heavy atom. The van der Waals surface area contributed by atoms with Crippen LogP contribution in [0.3, 0.4) is 0 Å². The van der Waals surface area contributed by atoms with Gasteiger partial charge in [0.15, 0.2) is 4.60 Å². The van der Waals surface area contributed by atoms with E-state index in [4.69, 9.17) is 0 Å². The molecule has 0 bridgehead atoms. The second kappa shape index (κ2) is 3.38. The number of hydrogen-bond donors (Lipinski definition) is 1. The van der Waals surface area contributed by atoms with E-state index in [1.54, 1.807) is 0 Å². The van der Waals surface area contributed by atoms with Crippen molar-refractivity contribution in [3.05, 3.63) is 10.3 Å². The highest BCUT2D eigenvalue weighted by Crippen LogP contribution is 2.41. The number of aryl methyl sites for hydroxylation is 1. The molecule has 1 heterocycles. The van der Waals surface area contributed by atoms with Gasteiger partial charge in [-0.05, 0) is 41.7 Å². The van der Waals surface area contributed by atoms with Crippen LogP contribution < -0.4 is 5.32 Å². The summed E-state index contributed by atoms with van der Waals surface area (Å²) in [7, 11) is 3.92. The van der Waals surface area contributed by atoms with Gasteiger partial charge in [0.2, 0.25) is 0 Å². The number of nitrogens with zero attached hydrogens (tertiary/aromatic N) is 3. The Balaban J connectivity index is 2.30. The molecule has 72 valence electrons. The highest BCUT2D eigenvalue weighted by Gasteiger charge is 2.34. The standard InChI is InChI=1S/C8H13BrN4/c1-10-6(5-3-4-5)7-8(9)11-12-13(7)2/h5-6,10H,3-4H2,1-2H3. The Bertz CT molecular complexity index is 286. The third-order valence-electron chi connectivity index (χ3n) is 2.53. The fraction of sp³-hybridized carbons (Fsp3) is 0.750. The van der Waals surface area contributed by atoms with Crippen molar-refractivity contribution in [2.24, 2.45) is 13.0 Å². The summed E-state index contributed by atoms with van der Waals surface area (Å²) < 4.78 is 2.70. The minimum atomic E-state index is 0.398. The normalized spacial score (nSPS) is 19.0. The van der Waals surface area contributed by atoms with Gasteiger partial charge >= 0.3 is 0 Å². The van der Waals surface area contributed by atoms with Crippen LogP contribution in [0.25, 0.3) is 0 Å². The average Bonchev–Trinajstić information content (AvgIpc) is 2.88. The van der Waals surface area contributed by atoms with Crippen molar-refractivity contribution in [2.75, 3.05) is 7.05 Å². The minimum Gasteiger partial charge on any atom is -0.311 e. The molecular formula is C8H13BrN4. The second-order valence-corrected chi connectivity index (χ2v) is 4.24. The maximum atomic E-state index is 3.98. The Labute approximate surface area is 85.8 Å². The topological polar surface area (TPSA) is 42.7 Å². The average molecular weight is 245 g/mol. The molecule has 1 atom stereocenters. The van der Waals surface area contributed by atoms with Crippen LogP contribution in [0.5, 0.6) is 0 Å². The van der Waals surface area contributed by atoms with Crippen molar-refractivity contribution in [3.63, 3.8) is 0 Å². The molecular weight excluding hydrogens is 232 g/mol. The number of halogens is 1. The second-order valence-electron chi connectivity index (χ2n) is 3.49. The highest BCUT2D eigenvalue weighted by atomic mass is 79.9. The predicted molar refractivity (Wildman–Crippen MR) is 53.2 cm³/mol. The fourth-order valence-electron chi connectivity index (χ4n) is 1.69. The first-order valence-corrected chi connectivity index (χ1v) is 5.25. The first-order chi connectivity index (χ1) is 6.24. The van der Waals surface area contributed by atoms with Crippen LogP contribution >= 0.6 is 15.9 Å². The van der Waals surface area contributed by atoms with Gasteiger partial charge in [-0.2, -0.15) is 0 Å². The van der Waals surface area contributed by atoms with Crippen LogP contribution in [0.4, 0.5) is 0 Å². The molecule has 1 N–H and O–H groups in total. The van der Waals surface area contributed by atoms with E-state index in [1.165, 1.54) is 12.8 Å². The Kier molecular flexibility index (Phi) is 2.38. The molecule has 13 heavy (non-hydrogen) atoms. The number of nitrogens with one attached hydrogen (secondary N) is 1. The Morgan fingerprint density at radius 2 is 2.31 bits per heavy atom. The molecule has 1 fully saturated rings. The van der Waals surface area contributed by atoms with Gasteiger partial charge in [0.25, 0.3) is 0 Å². The summed E-state index contributed by atoms with van der Waals surface area (Å²) in [5.41, 5.74) is 1.16. The molecule has 1 unspecified atom stereocenters. The van der Waals surface area contributed by atoms with Crippen LogP contribution in [0.2, 0.25) is 0 Å². The smallest absolute Gasteiger partial charge is 0.153 e. The zero-order chi connectivity index (χ0) is 9.42. The number of hydrogen-bond acceptors (Lipinski definition) is 3. The van der Waals surface area contributed by atoms with Crippen LogP contribution in [-0.2, 0) is 7.05 Å². The lowest BCUT2D eigenvalue weighted by Crippen LogP contribution is -2.21. The van der Waals surface area contributed by atoms with E-state index in [2.05, 4.69) is 31.6 Å². The summed E-state index contributed by atoms with van der Waals surface area (Å²) in [6.07, 6.45) is 2.62. The lowest BCUT2D eigenvalue weighted by molar-refractivity contribution is 0.485. The Morgan fingerprint density at radius 3 is 2.69 bits per heavy atom. The molecule has 1 aliphatic rings. The third-order valence-corrected chi connectivity index (χ3v) is 3.09. The van der Waals surface area contributed by atoms with Gasteiger partial charge in [0.1, 0.15) is 0 Å². The SMILES string of the molecule is CNC(c1c(Br)nnn1C)C1CC1. The fourth-order valence-corrected chi connectivity index (χ4v) is 2.27. The third kappa shape index (κ3) is 1.62. The molecule has 1 saturated carbocycles. The van der Waals surface area contributed by atoms with Crippen LogP contribution in [-0.4, -0.2) is 22.0 Å². The zero-order valence-electron chi connectivity index (χ0n) is 7.79. The lowest BCUT2D eigenvalue weighted by atomic mass is 10.1. The van der Waals surface area contributed by atoms with Crippen molar-refractivity contribution in [1.29, 1.82) is 0 Å². The quantitative estimate of drug-likeness (QED) is 0.871. The van der Waals surface area contributed by atoms with E-state index < -0.39 is 0 Å². The monoisotopic (exact) mass is 244 g/mol. The first kappa shape index (κ1) is 9.15. The summed E-state index contributed by atoms with van der Waals surface area (Å²) in [4.78, 5) is 0. The molecule has 0 saturated heterocycles. The van der Waals surface area contributed by atoms with Crippen molar-refractivity contribution < 1.29 is 0 Å². The molecule has 4 nitrogen and oxygen atoms in total. The zero-order valence-corrected chi connectivity index (χ0v) is 9.37. The van der Waals surface area contributed by atoms with Crippen molar-refractivity contribution in [2.45, 2.75) is 18.9 Å². The van der Waals surface area contributed by atoms with Gasteiger partial charge in [-0.25, -0.2) is 4.68 Å². The van der Waals surface area contributed by atoms with Gasteiger partial charge in [-0.1, -0.05) is 5.21 Å². The summed E-state index contributed by atoms with van der Waals surface area (Å²) in [6.45, 7) is 0. The first-order valence-electron chi connectivity index (χ1n) is 4.46. The molecule has 0 amide bonds. The predicted octanol–water partition coefficient (Wildman–Crippen LogP) is 1.25. The molecule has 1 aromatic heterocycles.